The fraction of sp³-hybridized carbons (Fsp3) is 0.125. The number of rotatable bonds is 5. The molecule has 182 valence electrons. The summed E-state index contributed by atoms with van der Waals surface area (Å²) < 4.78 is 11.3. The van der Waals surface area contributed by atoms with Crippen molar-refractivity contribution in [3.05, 3.63) is 112 Å². The van der Waals surface area contributed by atoms with Gasteiger partial charge in [0.2, 0.25) is 0 Å². The molecular formula is C32H25NO4. The molecule has 2 heterocycles. The molecule has 0 aliphatic heterocycles. The maximum atomic E-state index is 13.0. The summed E-state index contributed by atoms with van der Waals surface area (Å²) in [6.07, 6.45) is 0. The first-order valence-corrected chi connectivity index (χ1v) is 12.4. The molecule has 0 amide bonds. The van der Waals surface area contributed by atoms with Crippen LogP contribution in [0.4, 0.5) is 5.69 Å². The van der Waals surface area contributed by atoms with Gasteiger partial charge >= 0.3 is 11.3 Å². The summed E-state index contributed by atoms with van der Waals surface area (Å²) in [6, 6.07) is 28.9. The van der Waals surface area contributed by atoms with Crippen molar-refractivity contribution in [1.82, 2.24) is 0 Å². The van der Waals surface area contributed by atoms with Gasteiger partial charge in [-0.05, 0) is 78.2 Å². The summed E-state index contributed by atoms with van der Waals surface area (Å²) in [5, 5.41) is 3.66. The zero-order valence-corrected chi connectivity index (χ0v) is 20.7. The van der Waals surface area contributed by atoms with Crippen LogP contribution in [0, 0.1) is 0 Å². The zero-order valence-electron chi connectivity index (χ0n) is 20.7. The van der Waals surface area contributed by atoms with Crippen molar-refractivity contribution >= 4 is 38.4 Å². The lowest BCUT2D eigenvalue weighted by atomic mass is 9.98. The number of nitrogens with zero attached hydrogens (tertiary/aromatic N) is 1. The van der Waals surface area contributed by atoms with Gasteiger partial charge in [-0.15, -0.1) is 0 Å². The lowest BCUT2D eigenvalue weighted by molar-refractivity contribution is 0.563. The number of benzene rings is 4. The van der Waals surface area contributed by atoms with Gasteiger partial charge in [-0.3, -0.25) is 0 Å². The van der Waals surface area contributed by atoms with Crippen LogP contribution in [0.5, 0.6) is 0 Å². The molecule has 6 rings (SSSR count). The SMILES string of the molecule is CCN(CC)c1ccc2cc(-c3ccc4ccc(-c5cc6ccccc6oc5=O)cc4c3)c(=O)oc2c1. The summed E-state index contributed by atoms with van der Waals surface area (Å²) >= 11 is 0. The van der Waals surface area contributed by atoms with E-state index in [9.17, 15) is 9.59 Å². The molecule has 0 aliphatic carbocycles. The van der Waals surface area contributed by atoms with E-state index in [1.807, 2.05) is 78.9 Å². The topological polar surface area (TPSA) is 63.7 Å². The van der Waals surface area contributed by atoms with Gasteiger partial charge in [0, 0.05) is 35.6 Å². The van der Waals surface area contributed by atoms with Gasteiger partial charge in [-0.1, -0.05) is 42.5 Å². The fourth-order valence-corrected chi connectivity index (χ4v) is 4.93. The summed E-state index contributed by atoms with van der Waals surface area (Å²) in [5.74, 6) is 0. The van der Waals surface area contributed by atoms with E-state index in [4.69, 9.17) is 8.83 Å². The third-order valence-electron chi connectivity index (χ3n) is 6.95. The van der Waals surface area contributed by atoms with Crippen LogP contribution in [-0.4, -0.2) is 13.1 Å². The minimum Gasteiger partial charge on any atom is -0.422 e. The molecule has 5 heteroatoms. The highest BCUT2D eigenvalue weighted by molar-refractivity contribution is 5.93. The third-order valence-corrected chi connectivity index (χ3v) is 6.95. The summed E-state index contributed by atoms with van der Waals surface area (Å²) in [4.78, 5) is 27.9. The van der Waals surface area contributed by atoms with Crippen LogP contribution >= 0.6 is 0 Å². The standard InChI is InChI=1S/C32H25NO4/c1-3-33(4-2)26-14-13-24-18-28(32(35)37-30(24)19-26)22-12-10-20-9-11-21(15-25(20)16-22)27-17-23-7-5-6-8-29(23)36-31(27)34/h5-19H,3-4H2,1-2H3. The van der Waals surface area contributed by atoms with E-state index in [2.05, 4.69) is 24.8 Å². The lowest BCUT2D eigenvalue weighted by Gasteiger charge is -2.21. The van der Waals surface area contributed by atoms with Crippen LogP contribution < -0.4 is 16.2 Å². The summed E-state index contributed by atoms with van der Waals surface area (Å²) in [5.41, 5.74) is 3.93. The van der Waals surface area contributed by atoms with Crippen molar-refractivity contribution in [2.45, 2.75) is 13.8 Å². The Bertz CT molecular complexity index is 1910. The smallest absolute Gasteiger partial charge is 0.344 e. The van der Waals surface area contributed by atoms with Crippen molar-refractivity contribution in [1.29, 1.82) is 0 Å². The molecule has 0 spiro atoms. The van der Waals surface area contributed by atoms with Crippen molar-refractivity contribution in [3.8, 4) is 22.3 Å². The Hall–Kier alpha value is -4.64. The van der Waals surface area contributed by atoms with Crippen molar-refractivity contribution in [2.24, 2.45) is 0 Å². The monoisotopic (exact) mass is 487 g/mol. The number of hydrogen-bond acceptors (Lipinski definition) is 5. The normalized spacial score (nSPS) is 11.4. The van der Waals surface area contributed by atoms with Gasteiger partial charge in [-0.2, -0.15) is 0 Å². The van der Waals surface area contributed by atoms with E-state index in [-0.39, 0.29) is 11.3 Å². The van der Waals surface area contributed by atoms with E-state index in [1.54, 1.807) is 6.07 Å². The van der Waals surface area contributed by atoms with Gasteiger partial charge in [0.15, 0.2) is 0 Å². The van der Waals surface area contributed by atoms with Crippen molar-refractivity contribution in [3.63, 3.8) is 0 Å². The number of fused-ring (bicyclic) bond motifs is 3. The van der Waals surface area contributed by atoms with Gasteiger partial charge in [0.05, 0.1) is 11.1 Å². The third kappa shape index (κ3) is 4.08. The van der Waals surface area contributed by atoms with E-state index >= 15 is 0 Å². The van der Waals surface area contributed by atoms with E-state index in [1.165, 1.54) is 0 Å². The Morgan fingerprint density at radius 1 is 0.568 bits per heavy atom. The number of hydrogen-bond donors (Lipinski definition) is 0. The van der Waals surface area contributed by atoms with E-state index < -0.39 is 0 Å². The molecule has 37 heavy (non-hydrogen) atoms. The average molecular weight is 488 g/mol. The second-order valence-electron chi connectivity index (χ2n) is 9.10. The summed E-state index contributed by atoms with van der Waals surface area (Å²) in [6.45, 7) is 5.96. The van der Waals surface area contributed by atoms with Crippen LogP contribution in [0.3, 0.4) is 0 Å². The Morgan fingerprint density at radius 3 is 1.78 bits per heavy atom. The fourth-order valence-electron chi connectivity index (χ4n) is 4.93. The van der Waals surface area contributed by atoms with Crippen molar-refractivity contribution < 1.29 is 8.83 Å². The quantitative estimate of drug-likeness (QED) is 0.240. The molecular weight excluding hydrogens is 462 g/mol. The van der Waals surface area contributed by atoms with Gasteiger partial charge < -0.3 is 13.7 Å². The maximum Gasteiger partial charge on any atom is 0.344 e. The Morgan fingerprint density at radius 2 is 1.14 bits per heavy atom. The lowest BCUT2D eigenvalue weighted by Crippen LogP contribution is -2.21. The molecule has 0 fully saturated rings. The Labute approximate surface area is 213 Å². The second-order valence-corrected chi connectivity index (χ2v) is 9.10. The highest BCUT2D eigenvalue weighted by Crippen LogP contribution is 2.30. The maximum absolute atomic E-state index is 13.0. The predicted octanol–water partition coefficient (Wildman–Crippen LogP) is 7.23. The molecule has 4 aromatic carbocycles. The van der Waals surface area contributed by atoms with Gasteiger partial charge in [-0.25, -0.2) is 9.59 Å². The first-order valence-electron chi connectivity index (χ1n) is 12.4. The highest BCUT2D eigenvalue weighted by Gasteiger charge is 2.12. The van der Waals surface area contributed by atoms with Crippen molar-refractivity contribution in [2.75, 3.05) is 18.0 Å². The molecule has 2 aromatic heterocycles. The molecule has 0 atom stereocenters. The van der Waals surface area contributed by atoms with Crippen LogP contribution in [0.15, 0.2) is 109 Å². The number of anilines is 1. The largest absolute Gasteiger partial charge is 0.422 e. The predicted molar refractivity (Wildman–Crippen MR) is 150 cm³/mol. The molecule has 0 unspecified atom stereocenters. The first kappa shape index (κ1) is 22.8. The molecule has 0 N–H and O–H groups in total. The van der Waals surface area contributed by atoms with E-state index in [0.717, 1.165) is 51.4 Å². The van der Waals surface area contributed by atoms with Crippen LogP contribution in [0.2, 0.25) is 0 Å². The number of para-hydroxylation sites is 1. The van der Waals surface area contributed by atoms with Crippen LogP contribution in [0.1, 0.15) is 13.8 Å². The minimum absolute atomic E-state index is 0.380. The molecule has 0 saturated heterocycles. The Kier molecular flexibility index (Phi) is 5.61. The Balaban J connectivity index is 1.44. The van der Waals surface area contributed by atoms with Crippen LogP contribution in [-0.2, 0) is 0 Å². The van der Waals surface area contributed by atoms with Gasteiger partial charge in [0.1, 0.15) is 11.2 Å². The second kappa shape index (κ2) is 9.10. The first-order chi connectivity index (χ1) is 18.0. The van der Waals surface area contributed by atoms with Gasteiger partial charge in [0.25, 0.3) is 0 Å². The molecule has 5 nitrogen and oxygen atoms in total. The molecule has 0 saturated carbocycles. The molecule has 0 radical (unpaired) electrons. The molecule has 0 aliphatic rings. The molecule has 0 bridgehead atoms. The van der Waals surface area contributed by atoms with E-state index in [0.29, 0.717) is 22.3 Å². The minimum atomic E-state index is -0.381. The summed E-state index contributed by atoms with van der Waals surface area (Å²) in [7, 11) is 0. The van der Waals surface area contributed by atoms with Crippen LogP contribution in [0.25, 0.3) is 55.0 Å². The average Bonchev–Trinajstić information content (AvgIpc) is 2.92. The zero-order chi connectivity index (χ0) is 25.5. The molecule has 6 aromatic rings. The highest BCUT2D eigenvalue weighted by atomic mass is 16.4.